The van der Waals surface area contributed by atoms with Gasteiger partial charge in [-0.05, 0) is 34.1 Å². The second-order valence-electron chi connectivity index (χ2n) is 5.76. The molecule has 1 saturated heterocycles. The number of hydrogen-bond acceptors (Lipinski definition) is 7. The number of nitrogens with zero attached hydrogens (tertiary/aromatic N) is 8. The van der Waals surface area contributed by atoms with Crippen molar-refractivity contribution in [2.75, 3.05) is 31.1 Å². The number of rotatable bonds is 3. The van der Waals surface area contributed by atoms with Gasteiger partial charge in [-0.25, -0.2) is 9.67 Å². The molecule has 132 valence electrons. The van der Waals surface area contributed by atoms with E-state index in [2.05, 4.69) is 46.1 Å². The van der Waals surface area contributed by atoms with E-state index in [1.54, 1.807) is 29.5 Å². The molecule has 1 aliphatic rings. The highest BCUT2D eigenvalue weighted by Crippen LogP contribution is 2.16. The van der Waals surface area contributed by atoms with E-state index in [4.69, 9.17) is 0 Å². The molecule has 0 unspecified atom stereocenters. The van der Waals surface area contributed by atoms with Crippen LogP contribution in [0.15, 0.2) is 47.7 Å². The fourth-order valence-electron chi connectivity index (χ4n) is 2.79. The van der Waals surface area contributed by atoms with Gasteiger partial charge in [-0.15, -0.1) is 10.2 Å². The Labute approximate surface area is 157 Å². The minimum atomic E-state index is -0.00827. The van der Waals surface area contributed by atoms with Crippen molar-refractivity contribution in [2.45, 2.75) is 0 Å². The molecule has 1 amide bonds. The van der Waals surface area contributed by atoms with Gasteiger partial charge in [0, 0.05) is 43.0 Å². The highest BCUT2D eigenvalue weighted by atomic mass is 79.9. The number of hydrogen-bond donors (Lipinski definition) is 0. The first-order valence-corrected chi connectivity index (χ1v) is 8.83. The molecule has 26 heavy (non-hydrogen) atoms. The minimum absolute atomic E-state index is 0.00827. The van der Waals surface area contributed by atoms with E-state index in [9.17, 15) is 4.79 Å². The van der Waals surface area contributed by atoms with Gasteiger partial charge in [0.05, 0.1) is 5.56 Å². The van der Waals surface area contributed by atoms with Crippen molar-refractivity contribution < 1.29 is 4.79 Å². The van der Waals surface area contributed by atoms with Gasteiger partial charge in [0.2, 0.25) is 0 Å². The maximum Gasteiger partial charge on any atom is 0.255 e. The number of anilines is 1. The van der Waals surface area contributed by atoms with Crippen molar-refractivity contribution in [3.63, 3.8) is 0 Å². The summed E-state index contributed by atoms with van der Waals surface area (Å²) in [7, 11) is 0. The van der Waals surface area contributed by atoms with E-state index < -0.39 is 0 Å². The van der Waals surface area contributed by atoms with Crippen molar-refractivity contribution in [2.24, 2.45) is 0 Å². The third kappa shape index (κ3) is 3.40. The summed E-state index contributed by atoms with van der Waals surface area (Å²) in [4.78, 5) is 24.5. The Bertz CT molecular complexity index is 891. The Morgan fingerprint density at radius 2 is 1.77 bits per heavy atom. The molecule has 4 rings (SSSR count). The fourth-order valence-corrected chi connectivity index (χ4v) is 3.15. The van der Waals surface area contributed by atoms with Crippen LogP contribution >= 0.6 is 15.9 Å². The lowest BCUT2D eigenvalue weighted by Gasteiger charge is -2.35. The fraction of sp³-hybridized carbons (Fsp3) is 0.250. The maximum atomic E-state index is 12.6. The highest BCUT2D eigenvalue weighted by Gasteiger charge is 2.23. The minimum Gasteiger partial charge on any atom is -0.352 e. The normalized spacial score (nSPS) is 14.5. The third-order valence-electron chi connectivity index (χ3n) is 4.13. The molecule has 4 heterocycles. The molecule has 0 saturated carbocycles. The Morgan fingerprint density at radius 3 is 2.42 bits per heavy atom. The Hall–Kier alpha value is -2.88. The number of halogens is 1. The molecule has 3 aromatic rings. The van der Waals surface area contributed by atoms with Gasteiger partial charge in [0.25, 0.3) is 5.91 Å². The van der Waals surface area contributed by atoms with E-state index in [1.165, 1.54) is 6.33 Å². The SMILES string of the molecule is O=C(c1cncc(Br)c1)N1CCN(c2ccc(-n3cncn3)nn2)CC1. The average molecular weight is 415 g/mol. The molecule has 0 radical (unpaired) electrons. The summed E-state index contributed by atoms with van der Waals surface area (Å²) in [6.07, 6.45) is 6.28. The quantitative estimate of drug-likeness (QED) is 0.634. The molecule has 10 heteroatoms. The Morgan fingerprint density at radius 1 is 1.00 bits per heavy atom. The van der Waals surface area contributed by atoms with Crippen LogP contribution < -0.4 is 4.90 Å². The summed E-state index contributed by atoms with van der Waals surface area (Å²) in [6.45, 7) is 2.64. The van der Waals surface area contributed by atoms with Crippen LogP contribution in [0.1, 0.15) is 10.4 Å². The van der Waals surface area contributed by atoms with E-state index in [0.717, 1.165) is 10.3 Å². The number of carbonyl (C=O) groups is 1. The van der Waals surface area contributed by atoms with Gasteiger partial charge in [-0.2, -0.15) is 5.10 Å². The predicted octanol–water partition coefficient (Wildman–Crippen LogP) is 1.18. The molecule has 9 nitrogen and oxygen atoms in total. The first-order chi connectivity index (χ1) is 12.7. The van der Waals surface area contributed by atoms with Crippen LogP contribution in [0.3, 0.4) is 0 Å². The number of pyridine rings is 1. The molecular weight excluding hydrogens is 400 g/mol. The summed E-state index contributed by atoms with van der Waals surface area (Å²) in [6, 6.07) is 5.54. The average Bonchev–Trinajstić information content (AvgIpc) is 3.23. The van der Waals surface area contributed by atoms with Crippen LogP contribution in [-0.4, -0.2) is 66.9 Å². The van der Waals surface area contributed by atoms with Gasteiger partial charge in [0.15, 0.2) is 11.6 Å². The zero-order valence-electron chi connectivity index (χ0n) is 13.7. The zero-order chi connectivity index (χ0) is 17.9. The van der Waals surface area contributed by atoms with Crippen LogP contribution in [0.4, 0.5) is 5.82 Å². The van der Waals surface area contributed by atoms with Gasteiger partial charge in [-0.3, -0.25) is 9.78 Å². The zero-order valence-corrected chi connectivity index (χ0v) is 15.3. The van der Waals surface area contributed by atoms with Crippen LogP contribution in [0.5, 0.6) is 0 Å². The lowest BCUT2D eigenvalue weighted by Crippen LogP contribution is -2.49. The molecule has 0 bridgehead atoms. The van der Waals surface area contributed by atoms with Gasteiger partial charge < -0.3 is 9.80 Å². The van der Waals surface area contributed by atoms with Crippen LogP contribution in [0, 0.1) is 0 Å². The second kappa shape index (κ2) is 7.16. The van der Waals surface area contributed by atoms with Crippen LogP contribution in [-0.2, 0) is 0 Å². The molecular formula is C16H15BrN8O. The largest absolute Gasteiger partial charge is 0.352 e. The smallest absolute Gasteiger partial charge is 0.255 e. The first-order valence-electron chi connectivity index (χ1n) is 8.04. The van der Waals surface area contributed by atoms with E-state index in [0.29, 0.717) is 37.6 Å². The van der Waals surface area contributed by atoms with Gasteiger partial charge >= 0.3 is 0 Å². The number of amides is 1. The van der Waals surface area contributed by atoms with Gasteiger partial charge in [0.1, 0.15) is 12.7 Å². The van der Waals surface area contributed by atoms with Crippen LogP contribution in [0.25, 0.3) is 5.82 Å². The summed E-state index contributed by atoms with van der Waals surface area (Å²) in [5.74, 6) is 1.39. The van der Waals surface area contributed by atoms with Crippen molar-refractivity contribution in [1.29, 1.82) is 0 Å². The lowest BCUT2D eigenvalue weighted by molar-refractivity contribution is 0.0746. The topological polar surface area (TPSA) is 92.9 Å². The maximum absolute atomic E-state index is 12.6. The Kier molecular flexibility index (Phi) is 4.57. The van der Waals surface area contributed by atoms with E-state index in [-0.39, 0.29) is 5.91 Å². The number of aromatic nitrogens is 6. The molecule has 1 fully saturated rings. The van der Waals surface area contributed by atoms with Crippen molar-refractivity contribution in [3.05, 3.63) is 53.3 Å². The molecule has 0 atom stereocenters. The first kappa shape index (κ1) is 16.6. The highest BCUT2D eigenvalue weighted by molar-refractivity contribution is 9.10. The van der Waals surface area contributed by atoms with Crippen molar-refractivity contribution >= 4 is 27.7 Å². The standard InChI is InChI=1S/C16H15BrN8O/c17-13-7-12(8-18-9-13)16(26)24-5-3-23(4-6-24)14-1-2-15(22-21-14)25-11-19-10-20-25/h1-2,7-11H,3-6H2. The predicted molar refractivity (Wildman–Crippen MR) is 97.0 cm³/mol. The lowest BCUT2D eigenvalue weighted by atomic mass is 10.2. The van der Waals surface area contributed by atoms with E-state index >= 15 is 0 Å². The van der Waals surface area contributed by atoms with Gasteiger partial charge in [-0.1, -0.05) is 0 Å². The van der Waals surface area contributed by atoms with Crippen molar-refractivity contribution in [1.82, 2.24) is 34.8 Å². The number of piperazine rings is 1. The molecule has 0 aliphatic carbocycles. The van der Waals surface area contributed by atoms with E-state index in [1.807, 2.05) is 17.0 Å². The molecule has 1 aliphatic heterocycles. The van der Waals surface area contributed by atoms with Crippen LogP contribution in [0.2, 0.25) is 0 Å². The Balaban J connectivity index is 1.39. The molecule has 0 N–H and O–H groups in total. The summed E-state index contributed by atoms with van der Waals surface area (Å²) in [5, 5.41) is 12.5. The second-order valence-corrected chi connectivity index (χ2v) is 6.68. The molecule has 3 aromatic heterocycles. The third-order valence-corrected chi connectivity index (χ3v) is 4.57. The molecule has 0 spiro atoms. The summed E-state index contributed by atoms with van der Waals surface area (Å²) in [5.41, 5.74) is 0.588. The summed E-state index contributed by atoms with van der Waals surface area (Å²) >= 11 is 3.35. The van der Waals surface area contributed by atoms with Crippen molar-refractivity contribution in [3.8, 4) is 5.82 Å². The monoisotopic (exact) mass is 414 g/mol. The summed E-state index contributed by atoms with van der Waals surface area (Å²) < 4.78 is 2.35. The molecule has 0 aromatic carbocycles. The number of carbonyl (C=O) groups excluding carboxylic acids is 1.